The number of allylic oxidation sites excluding steroid dienone is 3. The van der Waals surface area contributed by atoms with Crippen LogP contribution in [0, 0.1) is 0 Å². The van der Waals surface area contributed by atoms with Crippen molar-refractivity contribution in [3.05, 3.63) is 66.5 Å². The van der Waals surface area contributed by atoms with Gasteiger partial charge in [-0.15, -0.1) is 5.10 Å². The third-order valence-corrected chi connectivity index (χ3v) is 4.05. The molecule has 0 fully saturated rings. The smallest absolute Gasteiger partial charge is 0.123 e. The molecule has 0 spiro atoms. The summed E-state index contributed by atoms with van der Waals surface area (Å²) < 4.78 is 1.95. The van der Waals surface area contributed by atoms with Gasteiger partial charge < -0.3 is 4.90 Å². The molecule has 0 amide bonds. The molecule has 1 aliphatic rings. The van der Waals surface area contributed by atoms with E-state index in [0.29, 0.717) is 0 Å². The fourth-order valence-corrected chi connectivity index (χ4v) is 3.01. The van der Waals surface area contributed by atoms with Crippen molar-refractivity contribution in [3.8, 4) is 11.3 Å². The molecular formula is C18H20N4. The summed E-state index contributed by atoms with van der Waals surface area (Å²) in [6.45, 7) is 11.6. The number of likely N-dealkylation sites (N-methyl/N-ethyl adjacent to an activating group) is 1. The summed E-state index contributed by atoms with van der Waals surface area (Å²) in [5.41, 5.74) is 6.35. The summed E-state index contributed by atoms with van der Waals surface area (Å²) in [4.78, 5) is 2.18. The second kappa shape index (κ2) is 5.64. The fraction of sp³-hybridized carbons (Fsp3) is 0.222. The van der Waals surface area contributed by atoms with Crippen LogP contribution in [0.2, 0.25) is 0 Å². The number of nitrogens with zero attached hydrogens (tertiary/aromatic N) is 4. The molecule has 0 saturated carbocycles. The van der Waals surface area contributed by atoms with Crippen LogP contribution >= 0.6 is 0 Å². The maximum atomic E-state index is 4.42. The minimum Gasteiger partial charge on any atom is -0.370 e. The Bertz CT molecular complexity index is 767. The number of aryl methyl sites for hydroxylation is 1. The summed E-state index contributed by atoms with van der Waals surface area (Å²) in [6, 6.07) is 8.42. The topological polar surface area (TPSA) is 34.0 Å². The van der Waals surface area contributed by atoms with Gasteiger partial charge in [0.1, 0.15) is 5.69 Å². The van der Waals surface area contributed by atoms with Crippen LogP contribution in [0.5, 0.6) is 0 Å². The van der Waals surface area contributed by atoms with Crippen LogP contribution in [0.25, 0.3) is 16.8 Å². The third kappa shape index (κ3) is 2.08. The van der Waals surface area contributed by atoms with E-state index in [-0.39, 0.29) is 0 Å². The summed E-state index contributed by atoms with van der Waals surface area (Å²) in [6.07, 6.45) is 3.70. The lowest BCUT2D eigenvalue weighted by Crippen LogP contribution is -2.20. The standard InChI is InChI=1S/C18H20N4/c1-5-14-16(6-2)21(4)12-13-10-8-9-11-15(13)18-17(14)19-20-22(18)7-3/h5-6,8-11H,1-2,7,12H2,3-4H3/b16-14-. The molecule has 0 aliphatic carbocycles. The lowest BCUT2D eigenvalue weighted by atomic mass is 9.96. The van der Waals surface area contributed by atoms with Crippen molar-refractivity contribution in [1.29, 1.82) is 0 Å². The van der Waals surface area contributed by atoms with Gasteiger partial charge in [-0.1, -0.05) is 48.7 Å². The van der Waals surface area contributed by atoms with Crippen molar-refractivity contribution in [2.45, 2.75) is 20.0 Å². The first kappa shape index (κ1) is 14.3. The highest BCUT2D eigenvalue weighted by Gasteiger charge is 2.24. The molecule has 1 aliphatic heterocycles. The van der Waals surface area contributed by atoms with E-state index < -0.39 is 0 Å². The van der Waals surface area contributed by atoms with Gasteiger partial charge >= 0.3 is 0 Å². The maximum Gasteiger partial charge on any atom is 0.123 e. The Morgan fingerprint density at radius 3 is 2.68 bits per heavy atom. The largest absolute Gasteiger partial charge is 0.370 e. The molecule has 0 bridgehead atoms. The van der Waals surface area contributed by atoms with E-state index in [1.165, 1.54) is 11.1 Å². The molecule has 0 saturated heterocycles. The van der Waals surface area contributed by atoms with Crippen LogP contribution in [0.3, 0.4) is 0 Å². The number of aromatic nitrogens is 3. The number of fused-ring (bicyclic) bond motifs is 3. The molecule has 4 nitrogen and oxygen atoms in total. The average Bonchev–Trinajstić information content (AvgIpc) is 2.94. The van der Waals surface area contributed by atoms with Crippen LogP contribution in [0.4, 0.5) is 0 Å². The van der Waals surface area contributed by atoms with Gasteiger partial charge in [0.25, 0.3) is 0 Å². The first-order chi connectivity index (χ1) is 10.7. The highest BCUT2D eigenvalue weighted by molar-refractivity contribution is 5.85. The lowest BCUT2D eigenvalue weighted by Gasteiger charge is -2.26. The monoisotopic (exact) mass is 292 g/mol. The van der Waals surface area contributed by atoms with E-state index in [2.05, 4.69) is 66.6 Å². The molecule has 2 heterocycles. The van der Waals surface area contributed by atoms with E-state index >= 15 is 0 Å². The number of hydrogen-bond donors (Lipinski definition) is 0. The van der Waals surface area contributed by atoms with Gasteiger partial charge in [-0.2, -0.15) is 0 Å². The predicted octanol–water partition coefficient (Wildman–Crippen LogP) is 3.49. The number of benzene rings is 1. The second-order valence-electron chi connectivity index (χ2n) is 5.32. The zero-order valence-electron chi connectivity index (χ0n) is 13.1. The molecule has 1 aromatic heterocycles. The van der Waals surface area contributed by atoms with Crippen LogP contribution < -0.4 is 0 Å². The van der Waals surface area contributed by atoms with Gasteiger partial charge in [-0.05, 0) is 18.6 Å². The lowest BCUT2D eigenvalue weighted by molar-refractivity contribution is 0.426. The predicted molar refractivity (Wildman–Crippen MR) is 89.9 cm³/mol. The highest BCUT2D eigenvalue weighted by atomic mass is 15.4. The molecule has 2 aromatic rings. The Kier molecular flexibility index (Phi) is 3.67. The van der Waals surface area contributed by atoms with E-state index in [1.54, 1.807) is 0 Å². The number of rotatable bonds is 3. The van der Waals surface area contributed by atoms with Crippen LogP contribution in [0.1, 0.15) is 18.2 Å². The second-order valence-corrected chi connectivity index (χ2v) is 5.32. The first-order valence-electron chi connectivity index (χ1n) is 7.43. The van der Waals surface area contributed by atoms with Gasteiger partial charge in [-0.3, -0.25) is 0 Å². The molecule has 112 valence electrons. The van der Waals surface area contributed by atoms with E-state index in [9.17, 15) is 0 Å². The van der Waals surface area contributed by atoms with Crippen molar-refractivity contribution in [3.63, 3.8) is 0 Å². The SMILES string of the molecule is C=C/C1=C(\C=C)N(C)Cc2ccccc2-c2c1nnn2CC. The molecule has 0 unspecified atom stereocenters. The normalized spacial score (nSPS) is 17.3. The van der Waals surface area contributed by atoms with Gasteiger partial charge in [0, 0.05) is 37.0 Å². The molecule has 0 N–H and O–H groups in total. The van der Waals surface area contributed by atoms with Crippen LogP contribution in [-0.2, 0) is 13.1 Å². The summed E-state index contributed by atoms with van der Waals surface area (Å²) in [7, 11) is 2.06. The van der Waals surface area contributed by atoms with Crippen molar-refractivity contribution in [2.75, 3.05) is 7.05 Å². The van der Waals surface area contributed by atoms with Crippen molar-refractivity contribution in [2.24, 2.45) is 0 Å². The number of hydrogen-bond acceptors (Lipinski definition) is 3. The fourth-order valence-electron chi connectivity index (χ4n) is 3.01. The van der Waals surface area contributed by atoms with Gasteiger partial charge in [0.15, 0.2) is 0 Å². The Labute approximate surface area is 131 Å². The molecule has 3 rings (SSSR count). The van der Waals surface area contributed by atoms with Crippen molar-refractivity contribution >= 4 is 5.57 Å². The van der Waals surface area contributed by atoms with Gasteiger partial charge in [0.2, 0.25) is 0 Å². The molecule has 4 heteroatoms. The van der Waals surface area contributed by atoms with E-state index in [4.69, 9.17) is 0 Å². The van der Waals surface area contributed by atoms with Crippen LogP contribution in [-0.4, -0.2) is 26.9 Å². The molecule has 0 atom stereocenters. The first-order valence-corrected chi connectivity index (χ1v) is 7.43. The summed E-state index contributed by atoms with van der Waals surface area (Å²) >= 11 is 0. The van der Waals surface area contributed by atoms with Gasteiger partial charge in [-0.25, -0.2) is 4.68 Å². The van der Waals surface area contributed by atoms with Crippen molar-refractivity contribution < 1.29 is 0 Å². The Hall–Kier alpha value is -2.62. The van der Waals surface area contributed by atoms with Crippen LogP contribution in [0.15, 0.2) is 55.3 Å². The molecule has 0 radical (unpaired) electrons. The Morgan fingerprint density at radius 1 is 1.23 bits per heavy atom. The van der Waals surface area contributed by atoms with E-state index in [1.807, 2.05) is 16.8 Å². The minimum absolute atomic E-state index is 0.778. The summed E-state index contributed by atoms with van der Waals surface area (Å²) in [5, 5.41) is 8.74. The van der Waals surface area contributed by atoms with Crippen molar-refractivity contribution in [1.82, 2.24) is 19.9 Å². The average molecular weight is 292 g/mol. The molecule has 1 aromatic carbocycles. The molecule has 22 heavy (non-hydrogen) atoms. The van der Waals surface area contributed by atoms with E-state index in [0.717, 1.165) is 35.7 Å². The minimum atomic E-state index is 0.778. The third-order valence-electron chi connectivity index (χ3n) is 4.05. The Morgan fingerprint density at radius 2 is 2.00 bits per heavy atom. The zero-order valence-corrected chi connectivity index (χ0v) is 13.1. The Balaban J connectivity index is 2.40. The van der Waals surface area contributed by atoms with Gasteiger partial charge in [0.05, 0.1) is 5.69 Å². The zero-order chi connectivity index (χ0) is 15.7. The quantitative estimate of drug-likeness (QED) is 0.868. The maximum absolute atomic E-state index is 4.42. The summed E-state index contributed by atoms with van der Waals surface area (Å²) in [5.74, 6) is 0. The molecular weight excluding hydrogens is 272 g/mol. The highest BCUT2D eigenvalue weighted by Crippen LogP contribution is 2.35.